The highest BCUT2D eigenvalue weighted by Gasteiger charge is 2.70. The number of hydrogen-bond acceptors (Lipinski definition) is 21. The fraction of sp³-hybridized carbons (Fsp3) is 1.00. The maximum atomic E-state index is 12.0. The van der Waals surface area contributed by atoms with Crippen molar-refractivity contribution in [3.05, 3.63) is 0 Å². The molecular weight excluding hydrogens is 937 g/mol. The van der Waals surface area contributed by atoms with Gasteiger partial charge in [-0.15, -0.1) is 0 Å². The van der Waals surface area contributed by atoms with Gasteiger partial charge in [0, 0.05) is 18.8 Å². The quantitative estimate of drug-likeness (QED) is 0.120. The Morgan fingerprint density at radius 2 is 1.23 bits per heavy atom. The highest BCUT2D eigenvalue weighted by molar-refractivity contribution is 5.17. The van der Waals surface area contributed by atoms with E-state index in [0.717, 1.165) is 44.9 Å². The molecule has 4 saturated carbocycles. The monoisotopic (exact) mass is 1020 g/mol. The molecule has 21 heteroatoms. The van der Waals surface area contributed by atoms with Crippen LogP contribution < -0.4 is 0 Å². The van der Waals surface area contributed by atoms with E-state index >= 15 is 0 Å². The van der Waals surface area contributed by atoms with Crippen LogP contribution in [0.2, 0.25) is 0 Å². The van der Waals surface area contributed by atoms with Crippen molar-refractivity contribution in [2.45, 2.75) is 240 Å². The second-order valence-corrected chi connectivity index (χ2v) is 23.9. The van der Waals surface area contributed by atoms with Crippen molar-refractivity contribution in [1.29, 1.82) is 0 Å². The number of ether oxygens (including phenoxy) is 10. The number of rotatable bonds is 9. The van der Waals surface area contributed by atoms with Crippen LogP contribution in [-0.2, 0) is 47.4 Å². The summed E-state index contributed by atoms with van der Waals surface area (Å²) in [6, 6.07) is 0. The van der Waals surface area contributed by atoms with E-state index in [-0.39, 0.29) is 35.7 Å². The molecule has 32 atom stereocenters. The number of fused-ring (bicyclic) bond motifs is 7. The van der Waals surface area contributed by atoms with E-state index < -0.39 is 153 Å². The van der Waals surface area contributed by atoms with Crippen molar-refractivity contribution in [2.24, 2.45) is 52.3 Å². The highest BCUT2D eigenvalue weighted by atomic mass is 16.8. The van der Waals surface area contributed by atoms with Crippen LogP contribution in [0.5, 0.6) is 0 Å². The third kappa shape index (κ3) is 9.00. The van der Waals surface area contributed by atoms with Crippen molar-refractivity contribution >= 4 is 0 Å². The lowest BCUT2D eigenvalue weighted by molar-refractivity contribution is -0.379. The largest absolute Gasteiger partial charge is 0.394 e. The molecule has 0 aromatic carbocycles. The van der Waals surface area contributed by atoms with Gasteiger partial charge in [-0.05, 0) is 105 Å². The molecule has 21 nitrogen and oxygen atoms in total. The maximum Gasteiger partial charge on any atom is 0.187 e. The standard InChI is InChI=1S/C50H82O21/c1-19-9-12-50(63-17-19)20(2)32-29(71-50)15-27-25-8-7-23-13-24(14-31(49(23,6)26(25)10-11-48(27,32)5)68-45-40(60)38(58)36(56)30(16-51)67-45)66-46-41(61)42(34(54)22(4)65-46)69-47-43(35(55)28(52)18-62-47)70-44-39(59)37(57)33(53)21(3)64-44/h19-47,51-61H,7-18H2,1-6H3/t19?,20?,21-,22-,23+,24?,25?,26?,27?,28+,29?,30+,31+,32?,33-,34-,35-,36+,37+,38-,39+,40+,41+,42+,43+,44-,45-,46-,47-,48?,49?,50?/m0/s1. The van der Waals surface area contributed by atoms with E-state index in [1.807, 2.05) is 0 Å². The third-order valence-electron chi connectivity index (χ3n) is 20.0. The third-order valence-corrected chi connectivity index (χ3v) is 20.0. The number of aliphatic hydroxyl groups is 11. The lowest BCUT2D eigenvalue weighted by atomic mass is 9.43. The highest BCUT2D eigenvalue weighted by Crippen LogP contribution is 2.72. The van der Waals surface area contributed by atoms with Gasteiger partial charge in [-0.3, -0.25) is 0 Å². The van der Waals surface area contributed by atoms with Gasteiger partial charge in [0.05, 0.1) is 50.3 Å². The zero-order chi connectivity index (χ0) is 50.8. The molecule has 6 aliphatic heterocycles. The fourth-order valence-corrected chi connectivity index (χ4v) is 15.8. The average molecular weight is 1020 g/mol. The molecule has 4 aliphatic carbocycles. The zero-order valence-electron chi connectivity index (χ0n) is 41.7. The van der Waals surface area contributed by atoms with E-state index in [0.29, 0.717) is 36.7 Å². The van der Waals surface area contributed by atoms with Crippen molar-refractivity contribution in [3.8, 4) is 0 Å². The minimum Gasteiger partial charge on any atom is -0.394 e. The molecule has 6 saturated heterocycles. The molecule has 6 heterocycles. The first kappa shape index (κ1) is 53.6. The Hall–Kier alpha value is -0.840. The summed E-state index contributed by atoms with van der Waals surface area (Å²) in [5, 5.41) is 120. The van der Waals surface area contributed by atoms with Gasteiger partial charge in [-0.25, -0.2) is 0 Å². The van der Waals surface area contributed by atoms with Crippen molar-refractivity contribution in [1.82, 2.24) is 0 Å². The van der Waals surface area contributed by atoms with Crippen LogP contribution >= 0.6 is 0 Å². The predicted octanol–water partition coefficient (Wildman–Crippen LogP) is -1.24. The Kier molecular flexibility index (Phi) is 15.2. The van der Waals surface area contributed by atoms with Crippen LogP contribution in [0, 0.1) is 52.3 Å². The summed E-state index contributed by atoms with van der Waals surface area (Å²) in [6.45, 7) is 12.0. The van der Waals surface area contributed by atoms with Gasteiger partial charge in [-0.2, -0.15) is 0 Å². The molecule has 408 valence electrons. The molecule has 10 fully saturated rings. The summed E-state index contributed by atoms with van der Waals surface area (Å²) < 4.78 is 62.8. The molecule has 11 N–H and O–H groups in total. The number of aliphatic hydroxyl groups excluding tert-OH is 11. The van der Waals surface area contributed by atoms with Gasteiger partial charge in [-0.1, -0.05) is 27.7 Å². The molecule has 0 amide bonds. The van der Waals surface area contributed by atoms with Crippen LogP contribution in [0.1, 0.15) is 99.3 Å². The van der Waals surface area contributed by atoms with E-state index in [9.17, 15) is 56.2 Å². The maximum absolute atomic E-state index is 12.0. The smallest absolute Gasteiger partial charge is 0.187 e. The van der Waals surface area contributed by atoms with Gasteiger partial charge >= 0.3 is 0 Å². The topological polar surface area (TPSA) is 315 Å². The Morgan fingerprint density at radius 3 is 1.92 bits per heavy atom. The van der Waals surface area contributed by atoms with Crippen molar-refractivity contribution in [2.75, 3.05) is 19.8 Å². The first-order valence-corrected chi connectivity index (χ1v) is 26.5. The molecule has 1 spiro atoms. The lowest BCUT2D eigenvalue weighted by Gasteiger charge is -2.63. The van der Waals surface area contributed by atoms with Crippen LogP contribution in [0.15, 0.2) is 0 Å². The van der Waals surface area contributed by atoms with Crippen molar-refractivity contribution in [3.63, 3.8) is 0 Å². The summed E-state index contributed by atoms with van der Waals surface area (Å²) >= 11 is 0. The Bertz CT molecular complexity index is 1830. The van der Waals surface area contributed by atoms with Gasteiger partial charge < -0.3 is 104 Å². The molecule has 11 unspecified atom stereocenters. The van der Waals surface area contributed by atoms with Crippen LogP contribution in [0.4, 0.5) is 0 Å². The fourth-order valence-electron chi connectivity index (χ4n) is 15.8. The molecule has 0 bridgehead atoms. The van der Waals surface area contributed by atoms with Crippen LogP contribution in [-0.4, -0.2) is 217 Å². The molecule has 10 aliphatic rings. The van der Waals surface area contributed by atoms with Gasteiger partial charge in [0.1, 0.15) is 79.4 Å². The minimum absolute atomic E-state index is 0.00989. The molecule has 0 aromatic heterocycles. The normalized spacial score (nSPS) is 59.5. The first-order chi connectivity index (χ1) is 33.6. The lowest BCUT2D eigenvalue weighted by Crippen LogP contribution is -2.65. The molecular formula is C50H82O21. The second kappa shape index (κ2) is 20.2. The molecule has 10 rings (SSSR count). The summed E-state index contributed by atoms with van der Waals surface area (Å²) in [6.07, 6.45) is -21.9. The predicted molar refractivity (Wildman–Crippen MR) is 241 cm³/mol. The SMILES string of the molecule is CC1CCC2(OC1)OC1CC3C4CC[C@@H]5CC(O[C@@H]6O[C@@H](C)[C@H](O)[C@@H](O[C@@H]7OC[C@@H](O)[C@H](O)[C@H]7O[C@@H]7O[C@@H](C)[C@H](O)[C@@H](O)[C@H]7O)[C@H]6O)C[C@@H](O[C@@H]6O[C@H](CO)[C@@H](O)[C@H](O)[C@H]6O)C5(C)C4CCC3(C)C1C2C. The minimum atomic E-state index is -1.77. The Morgan fingerprint density at radius 1 is 0.563 bits per heavy atom. The molecule has 0 radical (unpaired) electrons. The van der Waals surface area contributed by atoms with E-state index in [4.69, 9.17) is 47.4 Å². The van der Waals surface area contributed by atoms with Gasteiger partial charge in [0.2, 0.25) is 0 Å². The van der Waals surface area contributed by atoms with E-state index in [2.05, 4.69) is 27.7 Å². The first-order valence-electron chi connectivity index (χ1n) is 26.5. The molecule has 71 heavy (non-hydrogen) atoms. The summed E-state index contributed by atoms with van der Waals surface area (Å²) in [5.41, 5.74) is -0.465. The summed E-state index contributed by atoms with van der Waals surface area (Å²) in [7, 11) is 0. The van der Waals surface area contributed by atoms with Gasteiger partial charge in [0.25, 0.3) is 0 Å². The van der Waals surface area contributed by atoms with Crippen LogP contribution in [0.3, 0.4) is 0 Å². The number of hydrogen-bond donors (Lipinski definition) is 11. The zero-order valence-corrected chi connectivity index (χ0v) is 41.7. The van der Waals surface area contributed by atoms with E-state index in [1.54, 1.807) is 6.92 Å². The Labute approximate surface area is 414 Å². The van der Waals surface area contributed by atoms with E-state index in [1.165, 1.54) is 6.92 Å². The molecule has 0 aromatic rings. The average Bonchev–Trinajstić information content (AvgIpc) is 3.79. The summed E-state index contributed by atoms with van der Waals surface area (Å²) in [4.78, 5) is 0. The second-order valence-electron chi connectivity index (χ2n) is 23.9. The summed E-state index contributed by atoms with van der Waals surface area (Å²) in [5.74, 6) is 1.51. The van der Waals surface area contributed by atoms with Gasteiger partial charge in [0.15, 0.2) is 30.9 Å². The Balaban J connectivity index is 0.881. The van der Waals surface area contributed by atoms with Crippen molar-refractivity contribution < 1.29 is 104 Å². The van der Waals surface area contributed by atoms with Crippen LogP contribution in [0.25, 0.3) is 0 Å².